The fraction of sp³-hybridized carbons (Fsp3) is 0.423. The third kappa shape index (κ3) is 6.50. The highest BCUT2D eigenvalue weighted by Crippen LogP contribution is 2.19. The first kappa shape index (κ1) is 22.2. The molecule has 3 aromatic rings. The average molecular weight is 433 g/mol. The molecule has 6 heteroatoms. The second kappa shape index (κ2) is 11.0. The van der Waals surface area contributed by atoms with E-state index < -0.39 is 0 Å². The van der Waals surface area contributed by atoms with E-state index in [0.29, 0.717) is 37.6 Å². The zero-order chi connectivity index (χ0) is 22.2. The number of aromatic nitrogens is 2. The van der Waals surface area contributed by atoms with E-state index in [1.54, 1.807) is 0 Å². The molecule has 168 valence electrons. The number of carbonyl (C=O) groups is 1. The van der Waals surface area contributed by atoms with Crippen molar-refractivity contribution in [2.45, 2.75) is 52.1 Å². The Bertz CT molecular complexity index is 977. The van der Waals surface area contributed by atoms with Crippen LogP contribution in [0, 0.1) is 5.92 Å². The SMILES string of the molecule is CC1CCN(Cc2ccc(CNC(=O)CCCc3nnc(-c4ccccc4)o3)cc2)CC1. The van der Waals surface area contributed by atoms with E-state index in [4.69, 9.17) is 4.42 Å². The van der Waals surface area contributed by atoms with Gasteiger partial charge in [0, 0.05) is 31.5 Å². The molecule has 1 N–H and O–H groups in total. The molecule has 32 heavy (non-hydrogen) atoms. The highest BCUT2D eigenvalue weighted by atomic mass is 16.4. The Morgan fingerprint density at radius 3 is 2.50 bits per heavy atom. The van der Waals surface area contributed by atoms with Crippen molar-refractivity contribution >= 4 is 5.91 Å². The topological polar surface area (TPSA) is 71.3 Å². The normalized spacial score (nSPS) is 15.0. The Hall–Kier alpha value is -2.99. The second-order valence-electron chi connectivity index (χ2n) is 8.77. The lowest BCUT2D eigenvalue weighted by molar-refractivity contribution is -0.121. The molecule has 1 aliphatic rings. The van der Waals surface area contributed by atoms with Crippen LogP contribution in [0.3, 0.4) is 0 Å². The van der Waals surface area contributed by atoms with Gasteiger partial charge < -0.3 is 9.73 Å². The Labute approximate surface area is 190 Å². The van der Waals surface area contributed by atoms with Crippen molar-refractivity contribution < 1.29 is 9.21 Å². The average Bonchev–Trinajstić information content (AvgIpc) is 3.30. The molecule has 0 radical (unpaired) electrons. The van der Waals surface area contributed by atoms with Crippen LogP contribution in [0.1, 0.15) is 49.6 Å². The van der Waals surface area contributed by atoms with Gasteiger partial charge in [0.15, 0.2) is 0 Å². The van der Waals surface area contributed by atoms with E-state index in [1.165, 1.54) is 31.5 Å². The number of carbonyl (C=O) groups excluding carboxylic acids is 1. The summed E-state index contributed by atoms with van der Waals surface area (Å²) in [7, 11) is 0. The number of nitrogens with zero attached hydrogens (tertiary/aromatic N) is 3. The molecule has 1 amide bonds. The Morgan fingerprint density at radius 2 is 1.75 bits per heavy atom. The van der Waals surface area contributed by atoms with Crippen molar-refractivity contribution in [1.29, 1.82) is 0 Å². The van der Waals surface area contributed by atoms with E-state index >= 15 is 0 Å². The van der Waals surface area contributed by atoms with Gasteiger partial charge in [0.25, 0.3) is 0 Å². The smallest absolute Gasteiger partial charge is 0.247 e. The largest absolute Gasteiger partial charge is 0.421 e. The molecule has 0 aliphatic carbocycles. The van der Waals surface area contributed by atoms with Crippen molar-refractivity contribution in [3.05, 3.63) is 71.6 Å². The van der Waals surface area contributed by atoms with E-state index in [0.717, 1.165) is 23.6 Å². The van der Waals surface area contributed by atoms with Gasteiger partial charge in [0.2, 0.25) is 17.7 Å². The van der Waals surface area contributed by atoms with Gasteiger partial charge in [-0.3, -0.25) is 9.69 Å². The van der Waals surface area contributed by atoms with Crippen LogP contribution in [0.15, 0.2) is 59.0 Å². The van der Waals surface area contributed by atoms with Crippen LogP contribution in [0.25, 0.3) is 11.5 Å². The van der Waals surface area contributed by atoms with Crippen molar-refractivity contribution in [3.8, 4) is 11.5 Å². The number of hydrogen-bond acceptors (Lipinski definition) is 5. The second-order valence-corrected chi connectivity index (χ2v) is 8.77. The Balaban J connectivity index is 1.15. The zero-order valence-corrected chi connectivity index (χ0v) is 18.8. The van der Waals surface area contributed by atoms with Crippen LogP contribution >= 0.6 is 0 Å². The quantitative estimate of drug-likeness (QED) is 0.535. The molecule has 0 unspecified atom stereocenters. The first-order chi connectivity index (χ1) is 15.7. The summed E-state index contributed by atoms with van der Waals surface area (Å²) in [5.41, 5.74) is 3.36. The highest BCUT2D eigenvalue weighted by molar-refractivity contribution is 5.75. The summed E-state index contributed by atoms with van der Waals surface area (Å²) < 4.78 is 5.69. The van der Waals surface area contributed by atoms with Crippen molar-refractivity contribution in [1.82, 2.24) is 20.4 Å². The van der Waals surface area contributed by atoms with E-state index in [-0.39, 0.29) is 5.91 Å². The predicted molar refractivity (Wildman–Crippen MR) is 125 cm³/mol. The minimum atomic E-state index is 0.0410. The van der Waals surface area contributed by atoms with Gasteiger partial charge in [-0.2, -0.15) is 0 Å². The fourth-order valence-electron chi connectivity index (χ4n) is 3.98. The number of piperidine rings is 1. The third-order valence-corrected chi connectivity index (χ3v) is 6.08. The lowest BCUT2D eigenvalue weighted by atomic mass is 9.99. The molecular formula is C26H32N4O2. The number of likely N-dealkylation sites (tertiary alicyclic amines) is 1. The Kier molecular flexibility index (Phi) is 7.67. The summed E-state index contributed by atoms with van der Waals surface area (Å²) >= 11 is 0. The fourth-order valence-corrected chi connectivity index (χ4v) is 3.98. The molecule has 1 fully saturated rings. The van der Waals surface area contributed by atoms with Crippen LogP contribution in [-0.2, 0) is 24.3 Å². The molecule has 1 saturated heterocycles. The highest BCUT2D eigenvalue weighted by Gasteiger charge is 2.15. The lowest BCUT2D eigenvalue weighted by Crippen LogP contribution is -2.32. The van der Waals surface area contributed by atoms with Crippen LogP contribution < -0.4 is 5.32 Å². The van der Waals surface area contributed by atoms with Crippen LogP contribution in [0.2, 0.25) is 0 Å². The zero-order valence-electron chi connectivity index (χ0n) is 18.8. The number of amides is 1. The van der Waals surface area contributed by atoms with E-state index in [1.807, 2.05) is 30.3 Å². The molecule has 1 aliphatic heterocycles. The maximum absolute atomic E-state index is 12.2. The van der Waals surface area contributed by atoms with Gasteiger partial charge in [-0.25, -0.2) is 0 Å². The number of nitrogens with one attached hydrogen (secondary N) is 1. The molecule has 1 aromatic heterocycles. The minimum absolute atomic E-state index is 0.0410. The number of benzene rings is 2. The van der Waals surface area contributed by atoms with Gasteiger partial charge in [0.1, 0.15) is 0 Å². The molecule has 0 bridgehead atoms. The van der Waals surface area contributed by atoms with Gasteiger partial charge in [-0.15, -0.1) is 10.2 Å². The maximum Gasteiger partial charge on any atom is 0.247 e. The first-order valence-corrected chi connectivity index (χ1v) is 11.6. The van der Waals surface area contributed by atoms with Gasteiger partial charge in [-0.05, 0) is 61.5 Å². The first-order valence-electron chi connectivity index (χ1n) is 11.6. The summed E-state index contributed by atoms with van der Waals surface area (Å²) in [6.45, 7) is 6.29. The van der Waals surface area contributed by atoms with Gasteiger partial charge in [-0.1, -0.05) is 49.4 Å². The molecule has 2 aromatic carbocycles. The standard InChI is InChI=1S/C26H32N4O2/c1-20-14-16-30(17-15-20)19-22-12-10-21(11-13-22)18-27-24(31)8-5-9-25-28-29-26(32-25)23-6-3-2-4-7-23/h2-4,6-7,10-13,20H,5,8-9,14-19H2,1H3,(H,27,31). The van der Waals surface area contributed by atoms with Gasteiger partial charge >= 0.3 is 0 Å². The summed E-state index contributed by atoms with van der Waals surface area (Å²) in [6.07, 6.45) is 4.30. The van der Waals surface area contributed by atoms with Crippen molar-refractivity contribution in [2.75, 3.05) is 13.1 Å². The monoisotopic (exact) mass is 432 g/mol. The summed E-state index contributed by atoms with van der Waals surface area (Å²) in [4.78, 5) is 14.7. The Morgan fingerprint density at radius 1 is 1.03 bits per heavy atom. The summed E-state index contributed by atoms with van der Waals surface area (Å²) in [6, 6.07) is 18.3. The van der Waals surface area contributed by atoms with Crippen LogP contribution in [0.5, 0.6) is 0 Å². The van der Waals surface area contributed by atoms with Gasteiger partial charge in [0.05, 0.1) is 0 Å². The molecule has 4 rings (SSSR count). The minimum Gasteiger partial charge on any atom is -0.421 e. The van der Waals surface area contributed by atoms with Crippen LogP contribution in [0.4, 0.5) is 0 Å². The molecule has 2 heterocycles. The summed E-state index contributed by atoms with van der Waals surface area (Å²) in [5.74, 6) is 1.98. The maximum atomic E-state index is 12.2. The molecule has 0 atom stereocenters. The van der Waals surface area contributed by atoms with Crippen molar-refractivity contribution in [2.24, 2.45) is 5.92 Å². The number of hydrogen-bond donors (Lipinski definition) is 1. The number of rotatable bonds is 9. The van der Waals surface area contributed by atoms with Crippen molar-refractivity contribution in [3.63, 3.8) is 0 Å². The summed E-state index contributed by atoms with van der Waals surface area (Å²) in [5, 5.41) is 11.2. The number of aryl methyl sites for hydroxylation is 1. The molecule has 6 nitrogen and oxygen atoms in total. The van der Waals surface area contributed by atoms with Crippen LogP contribution in [-0.4, -0.2) is 34.1 Å². The molecule has 0 spiro atoms. The molecular weight excluding hydrogens is 400 g/mol. The van der Waals surface area contributed by atoms with E-state index in [2.05, 4.69) is 51.6 Å². The third-order valence-electron chi connectivity index (χ3n) is 6.08. The predicted octanol–water partition coefficient (Wildman–Crippen LogP) is 4.61. The van der Waals surface area contributed by atoms with E-state index in [9.17, 15) is 4.79 Å². The molecule has 0 saturated carbocycles. The lowest BCUT2D eigenvalue weighted by Gasteiger charge is -2.30.